The van der Waals surface area contributed by atoms with Crippen molar-refractivity contribution in [3.05, 3.63) is 0 Å². The van der Waals surface area contributed by atoms with Crippen molar-refractivity contribution in [2.45, 2.75) is 90.5 Å². The zero-order valence-corrected chi connectivity index (χ0v) is 15.3. The molecule has 2 nitrogen and oxygen atoms in total. The highest BCUT2D eigenvalue weighted by atomic mass is 28.4. The van der Waals surface area contributed by atoms with Gasteiger partial charge in [0.1, 0.15) is 5.78 Å². The van der Waals surface area contributed by atoms with Crippen LogP contribution >= 0.6 is 0 Å². The largest absolute Gasteiger partial charge is 0.412 e. The molecule has 3 heteroatoms. The van der Waals surface area contributed by atoms with Crippen molar-refractivity contribution in [2.24, 2.45) is 5.92 Å². The minimum absolute atomic E-state index is 0.123. The van der Waals surface area contributed by atoms with Crippen LogP contribution < -0.4 is 0 Å². The van der Waals surface area contributed by atoms with Crippen LogP contribution in [0.25, 0.3) is 0 Å². The zero-order valence-electron chi connectivity index (χ0n) is 14.3. The minimum Gasteiger partial charge on any atom is -0.412 e. The maximum Gasteiger partial charge on any atom is 0.206 e. The predicted molar refractivity (Wildman–Crippen MR) is 83.9 cm³/mol. The summed E-state index contributed by atoms with van der Waals surface area (Å²) in [5.74, 6) is 0.727. The molecule has 0 spiro atoms. The van der Waals surface area contributed by atoms with Gasteiger partial charge in [0.2, 0.25) is 8.32 Å². The fraction of sp³-hybridized carbons (Fsp3) is 0.938. The van der Waals surface area contributed by atoms with Crippen LogP contribution in [0.4, 0.5) is 0 Å². The molecule has 0 N–H and O–H groups in total. The van der Waals surface area contributed by atoms with Crippen LogP contribution in [0.1, 0.15) is 68.7 Å². The highest BCUT2D eigenvalue weighted by Crippen LogP contribution is 2.63. The third-order valence-corrected chi connectivity index (χ3v) is 12.0. The van der Waals surface area contributed by atoms with E-state index in [9.17, 15) is 4.79 Å². The first-order valence-electron chi connectivity index (χ1n) is 7.52. The van der Waals surface area contributed by atoms with Gasteiger partial charge >= 0.3 is 0 Å². The molecule has 1 heterocycles. The van der Waals surface area contributed by atoms with Gasteiger partial charge in [0.15, 0.2) is 0 Å². The van der Waals surface area contributed by atoms with Crippen LogP contribution in [-0.2, 0) is 9.22 Å². The topological polar surface area (TPSA) is 26.3 Å². The van der Waals surface area contributed by atoms with Crippen molar-refractivity contribution >= 4 is 14.1 Å². The second-order valence-electron chi connectivity index (χ2n) is 8.45. The van der Waals surface area contributed by atoms with Crippen molar-refractivity contribution in [3.8, 4) is 0 Å². The summed E-state index contributed by atoms with van der Waals surface area (Å²) in [7, 11) is -1.98. The van der Waals surface area contributed by atoms with Gasteiger partial charge in [-0.05, 0) is 28.5 Å². The molecule has 0 aromatic rings. The van der Waals surface area contributed by atoms with Crippen molar-refractivity contribution in [1.29, 1.82) is 0 Å². The van der Waals surface area contributed by atoms with Gasteiger partial charge in [-0.3, -0.25) is 4.79 Å². The van der Waals surface area contributed by atoms with Crippen LogP contribution in [0.2, 0.25) is 15.6 Å². The number of hydrogen-bond acceptors (Lipinski definition) is 2. The normalized spacial score (nSPS) is 31.5. The molecule has 0 radical (unpaired) electrons. The molecule has 0 unspecified atom stereocenters. The lowest BCUT2D eigenvalue weighted by molar-refractivity contribution is -0.118. The first-order chi connectivity index (χ1) is 8.34. The zero-order chi connectivity index (χ0) is 15.2. The lowest BCUT2D eigenvalue weighted by Gasteiger charge is -2.51. The highest BCUT2D eigenvalue weighted by molar-refractivity contribution is 6.81. The number of carbonyl (C=O) groups is 1. The average Bonchev–Trinajstić information content (AvgIpc) is 2.40. The van der Waals surface area contributed by atoms with E-state index in [0.717, 1.165) is 0 Å². The summed E-state index contributed by atoms with van der Waals surface area (Å²) in [4.78, 5) is 11.5. The fourth-order valence-electron chi connectivity index (χ4n) is 4.50. The molecule has 1 aliphatic heterocycles. The van der Waals surface area contributed by atoms with Crippen molar-refractivity contribution in [3.63, 3.8) is 0 Å². The maximum atomic E-state index is 11.5. The SMILES string of the molecule is CC(=O)C[C@@H]1O[Si](C(C)(C)C)(C(C)(C)C)[C@H](C)[C@@H]1C. The van der Waals surface area contributed by atoms with Crippen molar-refractivity contribution in [2.75, 3.05) is 0 Å². The van der Waals surface area contributed by atoms with E-state index >= 15 is 0 Å². The molecular formula is C16H32O2Si. The Labute approximate surface area is 120 Å². The second kappa shape index (κ2) is 4.99. The second-order valence-corrected chi connectivity index (χ2v) is 14.1. The van der Waals surface area contributed by atoms with Crippen molar-refractivity contribution < 1.29 is 9.22 Å². The van der Waals surface area contributed by atoms with Crippen LogP contribution in [-0.4, -0.2) is 20.2 Å². The Hall–Kier alpha value is -0.153. The number of carbonyl (C=O) groups excluding carboxylic acids is 1. The monoisotopic (exact) mass is 284 g/mol. The molecule has 3 atom stereocenters. The Kier molecular flexibility index (Phi) is 4.44. The standard InChI is InChI=1S/C16H32O2Si/c1-11(17)10-14-12(2)13(3)19(18-14,15(4,5)6)16(7,8)9/h12-14H,10H2,1-9H3/t12-,13+,14-/m0/s1. The molecule has 1 saturated heterocycles. The number of hydrogen-bond donors (Lipinski definition) is 0. The van der Waals surface area contributed by atoms with E-state index in [2.05, 4.69) is 55.4 Å². The summed E-state index contributed by atoms with van der Waals surface area (Å²) < 4.78 is 6.73. The summed E-state index contributed by atoms with van der Waals surface area (Å²) in [6.45, 7) is 20.2. The Bertz CT molecular complexity index is 335. The van der Waals surface area contributed by atoms with Crippen molar-refractivity contribution in [1.82, 2.24) is 0 Å². The molecule has 0 saturated carbocycles. The maximum absolute atomic E-state index is 11.5. The van der Waals surface area contributed by atoms with Gasteiger partial charge in [0.25, 0.3) is 0 Å². The smallest absolute Gasteiger partial charge is 0.206 e. The van der Waals surface area contributed by atoms with Gasteiger partial charge in [0, 0.05) is 6.42 Å². The lowest BCUT2D eigenvalue weighted by Crippen LogP contribution is -2.55. The molecule has 19 heavy (non-hydrogen) atoms. The quantitative estimate of drug-likeness (QED) is 0.672. The molecular weight excluding hydrogens is 252 g/mol. The summed E-state index contributed by atoms with van der Waals surface area (Å²) in [5.41, 5.74) is 0.580. The summed E-state index contributed by atoms with van der Waals surface area (Å²) in [6, 6.07) is 0. The number of rotatable bonds is 2. The molecule has 1 aliphatic rings. The third-order valence-electron chi connectivity index (χ3n) is 5.07. The summed E-state index contributed by atoms with van der Waals surface area (Å²) >= 11 is 0. The Morgan fingerprint density at radius 2 is 1.47 bits per heavy atom. The van der Waals surface area contributed by atoms with Gasteiger partial charge in [-0.2, -0.15) is 0 Å². The molecule has 1 fully saturated rings. The van der Waals surface area contributed by atoms with Crippen LogP contribution in [0.5, 0.6) is 0 Å². The lowest BCUT2D eigenvalue weighted by atomic mass is 9.97. The molecule has 0 aliphatic carbocycles. The minimum atomic E-state index is -1.98. The molecule has 112 valence electrons. The predicted octanol–water partition coefficient (Wildman–Crippen LogP) is 4.94. The highest BCUT2D eigenvalue weighted by Gasteiger charge is 2.64. The van der Waals surface area contributed by atoms with E-state index in [1.165, 1.54) is 0 Å². The van der Waals surface area contributed by atoms with Crippen LogP contribution in [0.3, 0.4) is 0 Å². The molecule has 0 amide bonds. The van der Waals surface area contributed by atoms with Gasteiger partial charge in [-0.25, -0.2) is 0 Å². The number of Topliss-reactive ketones (excluding diaryl/α,β-unsaturated/α-hetero) is 1. The summed E-state index contributed by atoms with van der Waals surface area (Å²) in [5, 5.41) is 0.370. The molecule has 0 bridgehead atoms. The number of ketones is 1. The van der Waals surface area contributed by atoms with E-state index in [1.54, 1.807) is 6.92 Å². The van der Waals surface area contributed by atoms with E-state index in [0.29, 0.717) is 17.9 Å². The Morgan fingerprint density at radius 3 is 1.74 bits per heavy atom. The third kappa shape index (κ3) is 2.69. The van der Waals surface area contributed by atoms with E-state index in [-0.39, 0.29) is 22.0 Å². The van der Waals surface area contributed by atoms with E-state index in [1.807, 2.05) is 0 Å². The first kappa shape index (κ1) is 16.9. The Balaban J connectivity index is 3.25. The van der Waals surface area contributed by atoms with Gasteiger partial charge in [0.05, 0.1) is 6.10 Å². The molecule has 0 aromatic heterocycles. The van der Waals surface area contributed by atoms with Crippen LogP contribution in [0.15, 0.2) is 0 Å². The van der Waals surface area contributed by atoms with Gasteiger partial charge in [-0.15, -0.1) is 0 Å². The average molecular weight is 285 g/mol. The van der Waals surface area contributed by atoms with Crippen LogP contribution in [0, 0.1) is 5.92 Å². The van der Waals surface area contributed by atoms with E-state index < -0.39 is 8.32 Å². The fourth-order valence-corrected chi connectivity index (χ4v) is 12.1. The molecule has 1 rings (SSSR count). The first-order valence-corrected chi connectivity index (χ1v) is 9.50. The van der Waals surface area contributed by atoms with Gasteiger partial charge in [-0.1, -0.05) is 55.4 Å². The Morgan fingerprint density at radius 1 is 1.05 bits per heavy atom. The van der Waals surface area contributed by atoms with E-state index in [4.69, 9.17) is 4.43 Å². The van der Waals surface area contributed by atoms with Gasteiger partial charge < -0.3 is 4.43 Å². The summed E-state index contributed by atoms with van der Waals surface area (Å²) in [6.07, 6.45) is 0.699. The molecule has 0 aromatic carbocycles.